The number of carboxylic acid groups (broad SMARTS) is 1. The normalized spacial score (nSPS) is 19.4. The van der Waals surface area contributed by atoms with E-state index in [1.54, 1.807) is 11.0 Å². The number of carbonyl (C=O) groups excluding carboxylic acids is 1. The summed E-state index contributed by atoms with van der Waals surface area (Å²) in [5.41, 5.74) is 1.10. The van der Waals surface area contributed by atoms with Gasteiger partial charge in [0.15, 0.2) is 0 Å². The highest BCUT2D eigenvalue weighted by Gasteiger charge is 2.47. The van der Waals surface area contributed by atoms with Crippen molar-refractivity contribution in [3.05, 3.63) is 28.8 Å². The quantitative estimate of drug-likeness (QED) is 0.932. The summed E-state index contributed by atoms with van der Waals surface area (Å²) in [6, 6.07) is 5.54. The van der Waals surface area contributed by atoms with Crippen molar-refractivity contribution >= 4 is 29.2 Å². The molecule has 0 saturated heterocycles. The Morgan fingerprint density at radius 1 is 1.35 bits per heavy atom. The summed E-state index contributed by atoms with van der Waals surface area (Å²) in [6.07, 6.45) is 2.99. The number of carbonyl (C=O) groups is 2. The zero-order chi connectivity index (χ0) is 14.3. The SMILES string of the molecule is O=C(CC1(C(=O)O)CCC1)N1CCc2ccc(Cl)cc21. The van der Waals surface area contributed by atoms with Crippen LogP contribution in [0.2, 0.25) is 5.02 Å². The monoisotopic (exact) mass is 293 g/mol. The second-order valence-corrected chi connectivity index (χ2v) is 6.12. The van der Waals surface area contributed by atoms with E-state index in [9.17, 15) is 14.7 Å². The zero-order valence-electron chi connectivity index (χ0n) is 11.1. The van der Waals surface area contributed by atoms with Gasteiger partial charge in [0.05, 0.1) is 5.41 Å². The lowest BCUT2D eigenvalue weighted by molar-refractivity contribution is -0.157. The van der Waals surface area contributed by atoms with Crippen molar-refractivity contribution in [1.29, 1.82) is 0 Å². The number of benzene rings is 1. The summed E-state index contributed by atoms with van der Waals surface area (Å²) in [7, 11) is 0. The lowest BCUT2D eigenvalue weighted by Gasteiger charge is -2.38. The predicted molar refractivity (Wildman–Crippen MR) is 76.0 cm³/mol. The molecule has 1 aromatic carbocycles. The highest BCUT2D eigenvalue weighted by Crippen LogP contribution is 2.45. The first-order valence-corrected chi connectivity index (χ1v) is 7.22. The minimum atomic E-state index is -0.845. The summed E-state index contributed by atoms with van der Waals surface area (Å²) in [4.78, 5) is 25.5. The molecule has 106 valence electrons. The minimum Gasteiger partial charge on any atom is -0.481 e. The third-order valence-electron chi connectivity index (χ3n) is 4.50. The molecule has 3 rings (SSSR count). The van der Waals surface area contributed by atoms with Crippen LogP contribution in [-0.2, 0) is 16.0 Å². The molecular weight excluding hydrogens is 278 g/mol. The van der Waals surface area contributed by atoms with E-state index < -0.39 is 11.4 Å². The van der Waals surface area contributed by atoms with E-state index in [4.69, 9.17) is 11.6 Å². The van der Waals surface area contributed by atoms with Gasteiger partial charge >= 0.3 is 5.97 Å². The molecule has 1 N–H and O–H groups in total. The van der Waals surface area contributed by atoms with Gasteiger partial charge in [-0.25, -0.2) is 0 Å². The molecule has 1 fully saturated rings. The van der Waals surface area contributed by atoms with Crippen molar-refractivity contribution < 1.29 is 14.7 Å². The van der Waals surface area contributed by atoms with Gasteiger partial charge in [0.25, 0.3) is 0 Å². The smallest absolute Gasteiger partial charge is 0.310 e. The van der Waals surface area contributed by atoms with Gasteiger partial charge in [-0.15, -0.1) is 0 Å². The number of halogens is 1. The highest BCUT2D eigenvalue weighted by atomic mass is 35.5. The molecule has 0 bridgehead atoms. The van der Waals surface area contributed by atoms with Crippen LogP contribution in [0.1, 0.15) is 31.2 Å². The Kier molecular flexibility index (Phi) is 3.21. The Labute approximate surface area is 122 Å². The van der Waals surface area contributed by atoms with E-state index in [1.165, 1.54) is 0 Å². The topological polar surface area (TPSA) is 57.6 Å². The number of rotatable bonds is 3. The molecule has 1 heterocycles. The van der Waals surface area contributed by atoms with Crippen LogP contribution in [0.5, 0.6) is 0 Å². The summed E-state index contributed by atoms with van der Waals surface area (Å²) in [5, 5.41) is 9.92. The molecule has 1 aliphatic carbocycles. The van der Waals surface area contributed by atoms with Crippen molar-refractivity contribution in [2.75, 3.05) is 11.4 Å². The third kappa shape index (κ3) is 2.08. The predicted octanol–water partition coefficient (Wildman–Crippen LogP) is 2.87. The van der Waals surface area contributed by atoms with Crippen molar-refractivity contribution in [3.63, 3.8) is 0 Å². The first-order chi connectivity index (χ1) is 9.52. The second-order valence-electron chi connectivity index (χ2n) is 5.68. The van der Waals surface area contributed by atoms with Crippen molar-refractivity contribution in [1.82, 2.24) is 0 Å². The first-order valence-electron chi connectivity index (χ1n) is 6.84. The first kappa shape index (κ1) is 13.4. The standard InChI is InChI=1S/C15H16ClNO3/c16-11-3-2-10-4-7-17(12(10)8-11)13(18)9-15(14(19)20)5-1-6-15/h2-3,8H,1,4-7,9H2,(H,19,20). The number of amides is 1. The van der Waals surface area contributed by atoms with Gasteiger partial charge in [-0.3, -0.25) is 9.59 Å². The van der Waals surface area contributed by atoms with Gasteiger partial charge in [0.1, 0.15) is 0 Å². The molecule has 0 spiro atoms. The lowest BCUT2D eigenvalue weighted by atomic mass is 9.66. The van der Waals surface area contributed by atoms with Crippen LogP contribution in [-0.4, -0.2) is 23.5 Å². The van der Waals surface area contributed by atoms with E-state index in [-0.39, 0.29) is 12.3 Å². The fourth-order valence-electron chi connectivity index (χ4n) is 3.07. The third-order valence-corrected chi connectivity index (χ3v) is 4.73. The summed E-state index contributed by atoms with van der Waals surface area (Å²) in [6.45, 7) is 0.615. The average Bonchev–Trinajstić information content (AvgIpc) is 2.76. The maximum absolute atomic E-state index is 12.5. The Balaban J connectivity index is 1.80. The van der Waals surface area contributed by atoms with Crippen LogP contribution in [0.4, 0.5) is 5.69 Å². The van der Waals surface area contributed by atoms with Crippen LogP contribution in [0.25, 0.3) is 0 Å². The molecule has 1 aromatic rings. The van der Waals surface area contributed by atoms with Gasteiger partial charge in [-0.05, 0) is 37.0 Å². The highest BCUT2D eigenvalue weighted by molar-refractivity contribution is 6.31. The second kappa shape index (κ2) is 4.77. The molecule has 1 amide bonds. The average molecular weight is 294 g/mol. The van der Waals surface area contributed by atoms with Crippen LogP contribution in [0.3, 0.4) is 0 Å². The number of hydrogen-bond acceptors (Lipinski definition) is 2. The summed E-state index contributed by atoms with van der Waals surface area (Å²) < 4.78 is 0. The van der Waals surface area contributed by atoms with Crippen molar-refractivity contribution in [3.8, 4) is 0 Å². The number of aliphatic carboxylic acids is 1. The number of hydrogen-bond donors (Lipinski definition) is 1. The Morgan fingerprint density at radius 3 is 2.70 bits per heavy atom. The molecule has 0 aromatic heterocycles. The Bertz CT molecular complexity index is 580. The Morgan fingerprint density at radius 2 is 2.10 bits per heavy atom. The Hall–Kier alpha value is -1.55. The number of anilines is 1. The number of carboxylic acids is 1. The van der Waals surface area contributed by atoms with E-state index in [1.807, 2.05) is 12.1 Å². The van der Waals surface area contributed by atoms with Gasteiger partial charge in [0, 0.05) is 23.7 Å². The van der Waals surface area contributed by atoms with Crippen LogP contribution < -0.4 is 4.90 Å². The minimum absolute atomic E-state index is 0.0916. The van der Waals surface area contributed by atoms with Crippen molar-refractivity contribution in [2.24, 2.45) is 5.41 Å². The van der Waals surface area contributed by atoms with E-state index in [2.05, 4.69) is 0 Å². The molecule has 1 saturated carbocycles. The summed E-state index contributed by atoms with van der Waals surface area (Å²) >= 11 is 5.98. The largest absolute Gasteiger partial charge is 0.481 e. The molecule has 0 radical (unpaired) electrons. The molecule has 20 heavy (non-hydrogen) atoms. The number of nitrogens with zero attached hydrogens (tertiary/aromatic N) is 1. The molecule has 4 nitrogen and oxygen atoms in total. The molecule has 0 unspecified atom stereocenters. The van der Waals surface area contributed by atoms with E-state index in [0.717, 1.165) is 24.1 Å². The molecular formula is C15H16ClNO3. The van der Waals surface area contributed by atoms with E-state index >= 15 is 0 Å². The van der Waals surface area contributed by atoms with Gasteiger partial charge < -0.3 is 10.0 Å². The maximum atomic E-state index is 12.5. The number of fused-ring (bicyclic) bond motifs is 1. The molecule has 0 atom stereocenters. The van der Waals surface area contributed by atoms with E-state index in [0.29, 0.717) is 24.4 Å². The summed E-state index contributed by atoms with van der Waals surface area (Å²) in [5.74, 6) is -0.948. The zero-order valence-corrected chi connectivity index (χ0v) is 11.8. The fourth-order valence-corrected chi connectivity index (χ4v) is 3.23. The molecule has 2 aliphatic rings. The van der Waals surface area contributed by atoms with Gasteiger partial charge in [-0.1, -0.05) is 24.1 Å². The van der Waals surface area contributed by atoms with Gasteiger partial charge in [0.2, 0.25) is 5.91 Å². The van der Waals surface area contributed by atoms with Gasteiger partial charge in [-0.2, -0.15) is 0 Å². The molecule has 1 aliphatic heterocycles. The van der Waals surface area contributed by atoms with Crippen LogP contribution in [0, 0.1) is 5.41 Å². The fraction of sp³-hybridized carbons (Fsp3) is 0.467. The van der Waals surface area contributed by atoms with Crippen LogP contribution >= 0.6 is 11.6 Å². The lowest BCUT2D eigenvalue weighted by Crippen LogP contribution is -2.43. The van der Waals surface area contributed by atoms with Crippen molar-refractivity contribution in [2.45, 2.75) is 32.1 Å². The molecule has 5 heteroatoms. The maximum Gasteiger partial charge on any atom is 0.310 e. The van der Waals surface area contributed by atoms with Crippen LogP contribution in [0.15, 0.2) is 18.2 Å².